The third-order valence-electron chi connectivity index (χ3n) is 3.59. The second kappa shape index (κ2) is 7.25. The van der Waals surface area contributed by atoms with Crippen LogP contribution in [0.5, 0.6) is 5.75 Å². The van der Waals surface area contributed by atoms with Crippen LogP contribution in [-0.4, -0.2) is 28.2 Å². The van der Waals surface area contributed by atoms with Crippen molar-refractivity contribution in [2.45, 2.75) is 6.92 Å². The number of benzene rings is 1. The Labute approximate surface area is 153 Å². The molecule has 8 nitrogen and oxygen atoms in total. The fourth-order valence-electron chi connectivity index (χ4n) is 2.32. The van der Waals surface area contributed by atoms with Crippen molar-refractivity contribution >= 4 is 33.4 Å². The highest BCUT2D eigenvalue weighted by Crippen LogP contribution is 2.27. The number of nitriles is 1. The minimum Gasteiger partial charge on any atom is -0.484 e. The van der Waals surface area contributed by atoms with E-state index in [1.165, 1.54) is 11.3 Å². The van der Waals surface area contributed by atoms with Gasteiger partial charge in [-0.25, -0.2) is 0 Å². The Morgan fingerprint density at radius 1 is 1.31 bits per heavy atom. The van der Waals surface area contributed by atoms with Crippen LogP contribution in [0.15, 0.2) is 30.3 Å². The highest BCUT2D eigenvalue weighted by atomic mass is 32.1. The molecule has 2 N–H and O–H groups in total. The van der Waals surface area contributed by atoms with Gasteiger partial charge in [-0.05, 0) is 37.3 Å². The SMILES string of the molecule is Cc1nn(C)c2sc(C(=O)NNC(=O)COc3ccc(C#N)cc3)cc12. The van der Waals surface area contributed by atoms with Gasteiger partial charge < -0.3 is 4.74 Å². The Bertz CT molecular complexity index is 979. The molecule has 26 heavy (non-hydrogen) atoms. The van der Waals surface area contributed by atoms with Crippen LogP contribution >= 0.6 is 11.3 Å². The summed E-state index contributed by atoms with van der Waals surface area (Å²) in [6.45, 7) is 1.61. The summed E-state index contributed by atoms with van der Waals surface area (Å²) in [7, 11) is 1.82. The van der Waals surface area contributed by atoms with Gasteiger partial charge >= 0.3 is 0 Å². The highest BCUT2D eigenvalue weighted by molar-refractivity contribution is 7.20. The molecule has 2 heterocycles. The van der Waals surface area contributed by atoms with Crippen molar-refractivity contribution in [3.05, 3.63) is 46.5 Å². The van der Waals surface area contributed by atoms with E-state index in [0.29, 0.717) is 16.2 Å². The molecule has 0 unspecified atom stereocenters. The minimum absolute atomic E-state index is 0.262. The number of rotatable bonds is 4. The van der Waals surface area contributed by atoms with Crippen molar-refractivity contribution in [2.24, 2.45) is 7.05 Å². The summed E-state index contributed by atoms with van der Waals surface area (Å²) >= 11 is 1.30. The number of amides is 2. The minimum atomic E-state index is -0.498. The van der Waals surface area contributed by atoms with Crippen LogP contribution in [0.2, 0.25) is 0 Å². The Kier molecular flexibility index (Phi) is 4.86. The van der Waals surface area contributed by atoms with Crippen LogP contribution in [0.25, 0.3) is 10.2 Å². The number of nitrogens with zero attached hydrogens (tertiary/aromatic N) is 3. The quantitative estimate of drug-likeness (QED) is 0.680. The van der Waals surface area contributed by atoms with Gasteiger partial charge in [0.25, 0.3) is 11.8 Å². The molecule has 0 spiro atoms. The first-order valence-electron chi connectivity index (χ1n) is 7.63. The molecule has 0 radical (unpaired) electrons. The van der Waals surface area contributed by atoms with Crippen LogP contribution in [0, 0.1) is 18.3 Å². The molecular weight excluding hydrogens is 354 g/mol. The highest BCUT2D eigenvalue weighted by Gasteiger charge is 2.15. The number of carbonyl (C=O) groups excluding carboxylic acids is 2. The third kappa shape index (κ3) is 3.65. The van der Waals surface area contributed by atoms with Crippen LogP contribution < -0.4 is 15.6 Å². The summed E-state index contributed by atoms with van der Waals surface area (Å²) in [5.74, 6) is -0.447. The lowest BCUT2D eigenvalue weighted by molar-refractivity contribution is -0.123. The van der Waals surface area contributed by atoms with Crippen LogP contribution in [0.1, 0.15) is 20.9 Å². The van der Waals surface area contributed by atoms with E-state index in [2.05, 4.69) is 16.0 Å². The van der Waals surface area contributed by atoms with Gasteiger partial charge in [0, 0.05) is 12.4 Å². The molecular formula is C17H15N5O3S. The van der Waals surface area contributed by atoms with E-state index in [0.717, 1.165) is 15.9 Å². The molecule has 0 aliphatic rings. The van der Waals surface area contributed by atoms with Gasteiger partial charge in [-0.3, -0.25) is 25.1 Å². The maximum absolute atomic E-state index is 12.2. The van der Waals surface area contributed by atoms with Crippen molar-refractivity contribution in [1.29, 1.82) is 5.26 Å². The van der Waals surface area contributed by atoms with Gasteiger partial charge in [-0.15, -0.1) is 11.3 Å². The molecule has 0 atom stereocenters. The average Bonchev–Trinajstić information content (AvgIpc) is 3.20. The molecule has 3 rings (SSSR count). The zero-order valence-electron chi connectivity index (χ0n) is 14.1. The second-order valence-electron chi connectivity index (χ2n) is 5.47. The van der Waals surface area contributed by atoms with E-state index >= 15 is 0 Å². The molecule has 0 saturated heterocycles. The van der Waals surface area contributed by atoms with Gasteiger partial charge in [-0.2, -0.15) is 10.4 Å². The summed E-state index contributed by atoms with van der Waals surface area (Å²) in [5, 5.41) is 13.9. The lowest BCUT2D eigenvalue weighted by Gasteiger charge is -2.08. The summed E-state index contributed by atoms with van der Waals surface area (Å²) in [6, 6.07) is 10.1. The predicted molar refractivity (Wildman–Crippen MR) is 95.6 cm³/mol. The number of ether oxygens (including phenoxy) is 1. The lowest BCUT2D eigenvalue weighted by Crippen LogP contribution is -2.43. The molecule has 0 aliphatic heterocycles. The number of hydrogen-bond acceptors (Lipinski definition) is 6. The Morgan fingerprint density at radius 2 is 2.04 bits per heavy atom. The number of nitrogens with one attached hydrogen (secondary N) is 2. The van der Waals surface area contributed by atoms with Crippen molar-refractivity contribution < 1.29 is 14.3 Å². The zero-order chi connectivity index (χ0) is 18.7. The molecule has 0 bridgehead atoms. The van der Waals surface area contributed by atoms with E-state index in [1.807, 2.05) is 20.0 Å². The molecule has 0 fully saturated rings. The third-order valence-corrected chi connectivity index (χ3v) is 4.79. The number of carbonyl (C=O) groups is 2. The topological polar surface area (TPSA) is 109 Å². The fourth-order valence-corrected chi connectivity index (χ4v) is 3.33. The first-order valence-corrected chi connectivity index (χ1v) is 8.45. The number of aromatic nitrogens is 2. The lowest BCUT2D eigenvalue weighted by atomic mass is 10.2. The zero-order valence-corrected chi connectivity index (χ0v) is 14.9. The number of hydrogen-bond donors (Lipinski definition) is 2. The Morgan fingerprint density at radius 3 is 2.69 bits per heavy atom. The van der Waals surface area contributed by atoms with Gasteiger partial charge in [0.05, 0.1) is 22.2 Å². The first kappa shape index (κ1) is 17.4. The molecule has 1 aromatic carbocycles. The van der Waals surface area contributed by atoms with E-state index in [4.69, 9.17) is 10.00 Å². The number of fused-ring (bicyclic) bond motifs is 1. The molecule has 2 aromatic heterocycles. The largest absolute Gasteiger partial charge is 0.484 e. The first-order chi connectivity index (χ1) is 12.5. The molecule has 9 heteroatoms. The maximum atomic E-state index is 12.2. The van der Waals surface area contributed by atoms with Crippen LogP contribution in [0.4, 0.5) is 0 Å². The Hall–Kier alpha value is -3.38. The summed E-state index contributed by atoms with van der Waals surface area (Å²) in [5.41, 5.74) is 6.02. The molecule has 0 saturated carbocycles. The van der Waals surface area contributed by atoms with Crippen LogP contribution in [-0.2, 0) is 11.8 Å². The van der Waals surface area contributed by atoms with Crippen molar-refractivity contribution in [3.8, 4) is 11.8 Å². The number of aryl methyl sites for hydroxylation is 2. The molecule has 0 aliphatic carbocycles. The van der Waals surface area contributed by atoms with E-state index < -0.39 is 11.8 Å². The van der Waals surface area contributed by atoms with Gasteiger partial charge in [0.1, 0.15) is 10.6 Å². The predicted octanol–water partition coefficient (Wildman–Crippen LogP) is 1.65. The second-order valence-corrected chi connectivity index (χ2v) is 6.50. The summed E-state index contributed by atoms with van der Waals surface area (Å²) < 4.78 is 7.01. The smallest absolute Gasteiger partial charge is 0.279 e. The van der Waals surface area contributed by atoms with Gasteiger partial charge in [-0.1, -0.05) is 0 Å². The summed E-state index contributed by atoms with van der Waals surface area (Å²) in [4.78, 5) is 25.3. The fraction of sp³-hybridized carbons (Fsp3) is 0.176. The van der Waals surface area contributed by atoms with Gasteiger partial charge in [0.2, 0.25) is 0 Å². The Balaban J connectivity index is 1.52. The summed E-state index contributed by atoms with van der Waals surface area (Å²) in [6.07, 6.45) is 0. The van der Waals surface area contributed by atoms with E-state index in [1.54, 1.807) is 35.0 Å². The normalized spacial score (nSPS) is 10.3. The van der Waals surface area contributed by atoms with E-state index in [9.17, 15) is 9.59 Å². The van der Waals surface area contributed by atoms with Crippen molar-refractivity contribution in [2.75, 3.05) is 6.61 Å². The van der Waals surface area contributed by atoms with Gasteiger partial charge in [0.15, 0.2) is 6.61 Å². The average molecular weight is 369 g/mol. The van der Waals surface area contributed by atoms with Crippen LogP contribution in [0.3, 0.4) is 0 Å². The van der Waals surface area contributed by atoms with Crippen molar-refractivity contribution in [3.63, 3.8) is 0 Å². The molecule has 2 amide bonds. The monoisotopic (exact) mass is 369 g/mol. The van der Waals surface area contributed by atoms with Crippen molar-refractivity contribution in [1.82, 2.24) is 20.6 Å². The standard InChI is InChI=1S/C17H15N5O3S/c1-10-13-7-14(26-17(13)22(2)21-10)16(24)20-19-15(23)9-25-12-5-3-11(8-18)4-6-12/h3-7H,9H2,1-2H3,(H,19,23)(H,20,24). The maximum Gasteiger partial charge on any atom is 0.279 e. The number of thiophene rings is 1. The molecule has 132 valence electrons. The molecule has 3 aromatic rings. The van der Waals surface area contributed by atoms with E-state index in [-0.39, 0.29) is 6.61 Å². The number of hydrazine groups is 1.